The minimum atomic E-state index is -0.688. The maximum Gasteiger partial charge on any atom is 0.216 e. The molecule has 0 saturated heterocycles. The molecule has 0 spiro atoms. The van der Waals surface area contributed by atoms with E-state index >= 15 is 0 Å². The lowest BCUT2D eigenvalue weighted by atomic mass is 9.77. The number of hydrogen-bond donors (Lipinski definition) is 3. The van der Waals surface area contributed by atoms with Gasteiger partial charge in [-0.25, -0.2) is 5.10 Å². The Morgan fingerprint density at radius 3 is 2.94 bits per heavy atom. The van der Waals surface area contributed by atoms with E-state index < -0.39 is 5.60 Å². The van der Waals surface area contributed by atoms with Crippen LogP contribution in [-0.2, 0) is 0 Å². The van der Waals surface area contributed by atoms with Crippen LogP contribution in [0.5, 0.6) is 0 Å². The van der Waals surface area contributed by atoms with Crippen molar-refractivity contribution in [3.05, 3.63) is 12.2 Å². The zero-order valence-electron chi connectivity index (χ0n) is 10.8. The van der Waals surface area contributed by atoms with Crippen LogP contribution in [0.4, 0.5) is 5.95 Å². The molecular formula is C12H20N4OS. The highest BCUT2D eigenvalue weighted by atomic mass is 32.2. The molecule has 1 aromatic rings. The van der Waals surface area contributed by atoms with Crippen molar-refractivity contribution < 1.29 is 5.11 Å². The first-order valence-corrected chi connectivity index (χ1v) is 6.99. The number of nitrogens with zero attached hydrogens (tertiary/aromatic N) is 2. The molecule has 0 aliphatic heterocycles. The number of rotatable bonds is 3. The number of anilines is 1. The first-order chi connectivity index (χ1) is 8.38. The van der Waals surface area contributed by atoms with E-state index in [1.807, 2.05) is 6.92 Å². The molecule has 1 aliphatic rings. The Morgan fingerprint density at radius 1 is 1.67 bits per heavy atom. The van der Waals surface area contributed by atoms with Gasteiger partial charge in [-0.2, -0.15) is 4.98 Å². The monoisotopic (exact) mass is 268 g/mol. The minimum absolute atomic E-state index is 0.0724. The Kier molecular flexibility index (Phi) is 3.68. The van der Waals surface area contributed by atoms with Crippen LogP contribution in [0, 0.1) is 5.92 Å². The molecule has 5 nitrogen and oxygen atoms in total. The van der Waals surface area contributed by atoms with E-state index in [9.17, 15) is 5.11 Å². The fourth-order valence-corrected chi connectivity index (χ4v) is 3.52. The molecule has 0 unspecified atom stereocenters. The van der Waals surface area contributed by atoms with Crippen LogP contribution < -0.4 is 5.73 Å². The van der Waals surface area contributed by atoms with Gasteiger partial charge in [0, 0.05) is 5.25 Å². The smallest absolute Gasteiger partial charge is 0.216 e. The van der Waals surface area contributed by atoms with Gasteiger partial charge in [0.1, 0.15) is 0 Å². The molecule has 0 amide bonds. The van der Waals surface area contributed by atoms with Crippen LogP contribution in [0.15, 0.2) is 17.3 Å². The first kappa shape index (κ1) is 13.4. The Bertz CT molecular complexity index is 443. The van der Waals surface area contributed by atoms with Crippen molar-refractivity contribution in [2.24, 2.45) is 5.92 Å². The second kappa shape index (κ2) is 4.93. The predicted octanol–water partition coefficient (Wildman–Crippen LogP) is 1.97. The molecule has 3 atom stereocenters. The average molecular weight is 268 g/mol. The molecule has 2 rings (SSSR count). The van der Waals surface area contributed by atoms with Crippen LogP contribution in [0.1, 0.15) is 33.1 Å². The summed E-state index contributed by atoms with van der Waals surface area (Å²) in [7, 11) is 0. The van der Waals surface area contributed by atoms with E-state index in [2.05, 4.69) is 28.7 Å². The summed E-state index contributed by atoms with van der Waals surface area (Å²) in [5, 5.41) is 17.8. The number of H-pyrrole nitrogens is 1. The molecule has 6 heteroatoms. The van der Waals surface area contributed by atoms with Gasteiger partial charge in [0.05, 0.1) is 5.60 Å². The molecular weight excluding hydrogens is 248 g/mol. The van der Waals surface area contributed by atoms with E-state index in [-0.39, 0.29) is 5.25 Å². The lowest BCUT2D eigenvalue weighted by Gasteiger charge is -2.40. The second-order valence-corrected chi connectivity index (χ2v) is 6.45. The SMILES string of the molecule is C=C(C)[C@@H]1CC[C@@](C)(O)[C@@H](Sc2n[nH]c(N)n2)C1. The molecule has 18 heavy (non-hydrogen) atoms. The molecule has 4 N–H and O–H groups in total. The topological polar surface area (TPSA) is 87.8 Å². The first-order valence-electron chi connectivity index (χ1n) is 6.11. The van der Waals surface area contributed by atoms with Gasteiger partial charge in [-0.05, 0) is 39.0 Å². The van der Waals surface area contributed by atoms with E-state index in [0.29, 0.717) is 17.0 Å². The number of nitrogens with one attached hydrogen (secondary N) is 1. The Hall–Kier alpha value is -1.01. The van der Waals surface area contributed by atoms with Crippen LogP contribution in [0.2, 0.25) is 0 Å². The number of hydrogen-bond acceptors (Lipinski definition) is 5. The van der Waals surface area contributed by atoms with Crippen LogP contribution in [-0.4, -0.2) is 31.1 Å². The number of thioether (sulfide) groups is 1. The fraction of sp³-hybridized carbons (Fsp3) is 0.667. The normalized spacial score (nSPS) is 32.4. The zero-order chi connectivity index (χ0) is 13.3. The summed E-state index contributed by atoms with van der Waals surface area (Å²) in [6.45, 7) is 7.96. The summed E-state index contributed by atoms with van der Waals surface area (Å²) in [4.78, 5) is 4.08. The van der Waals surface area contributed by atoms with E-state index in [1.165, 1.54) is 17.3 Å². The zero-order valence-corrected chi connectivity index (χ0v) is 11.6. The van der Waals surface area contributed by atoms with Crippen molar-refractivity contribution in [1.82, 2.24) is 15.2 Å². The number of aromatic amines is 1. The van der Waals surface area contributed by atoms with Crippen LogP contribution >= 0.6 is 11.8 Å². The van der Waals surface area contributed by atoms with Crippen molar-refractivity contribution in [2.75, 3.05) is 5.73 Å². The molecule has 100 valence electrons. The standard InChI is InChI=1S/C12H20N4OS/c1-7(2)8-4-5-12(3,17)9(6-8)18-11-14-10(13)15-16-11/h8-9,17H,1,4-6H2,2-3H3,(H3,13,14,15,16)/t8-,9+,12-/m1/s1. The molecule has 1 fully saturated rings. The molecule has 1 aliphatic carbocycles. The lowest BCUT2D eigenvalue weighted by molar-refractivity contribution is 0.0193. The van der Waals surface area contributed by atoms with Gasteiger partial charge in [-0.15, -0.1) is 5.10 Å². The van der Waals surface area contributed by atoms with E-state index in [0.717, 1.165) is 19.3 Å². The Balaban J connectivity index is 2.09. The summed E-state index contributed by atoms with van der Waals surface area (Å²) < 4.78 is 0. The Morgan fingerprint density at radius 2 is 2.39 bits per heavy atom. The highest BCUT2D eigenvalue weighted by molar-refractivity contribution is 7.99. The van der Waals surface area contributed by atoms with Gasteiger partial charge in [0.25, 0.3) is 0 Å². The van der Waals surface area contributed by atoms with Crippen LogP contribution in [0.3, 0.4) is 0 Å². The molecule has 0 aromatic carbocycles. The number of nitrogen functional groups attached to an aromatic ring is 1. The molecule has 0 radical (unpaired) electrons. The summed E-state index contributed by atoms with van der Waals surface area (Å²) in [5.74, 6) is 0.781. The third-order valence-corrected chi connectivity index (χ3v) is 5.00. The van der Waals surface area contributed by atoms with Gasteiger partial charge in [0.15, 0.2) is 0 Å². The fourth-order valence-electron chi connectivity index (χ4n) is 2.32. The Labute approximate surface area is 111 Å². The largest absolute Gasteiger partial charge is 0.389 e. The third-order valence-electron chi connectivity index (χ3n) is 3.62. The number of allylic oxidation sites excluding steroid dienone is 1. The predicted molar refractivity (Wildman–Crippen MR) is 73.2 cm³/mol. The lowest BCUT2D eigenvalue weighted by Crippen LogP contribution is -2.42. The number of aliphatic hydroxyl groups is 1. The molecule has 1 heterocycles. The van der Waals surface area contributed by atoms with Gasteiger partial charge < -0.3 is 10.8 Å². The van der Waals surface area contributed by atoms with Gasteiger partial charge in [-0.1, -0.05) is 23.9 Å². The molecule has 0 bridgehead atoms. The highest BCUT2D eigenvalue weighted by Crippen LogP contribution is 2.43. The van der Waals surface area contributed by atoms with Gasteiger partial charge in [0.2, 0.25) is 11.1 Å². The second-order valence-electron chi connectivity index (χ2n) is 5.28. The van der Waals surface area contributed by atoms with E-state index in [4.69, 9.17) is 5.73 Å². The maximum absolute atomic E-state index is 10.5. The van der Waals surface area contributed by atoms with Crippen molar-refractivity contribution in [3.63, 3.8) is 0 Å². The number of nitrogens with two attached hydrogens (primary N) is 1. The van der Waals surface area contributed by atoms with Gasteiger partial charge >= 0.3 is 0 Å². The summed E-state index contributed by atoms with van der Waals surface area (Å²) in [5.41, 5.74) is 6.00. The minimum Gasteiger partial charge on any atom is -0.389 e. The quantitative estimate of drug-likeness (QED) is 0.729. The van der Waals surface area contributed by atoms with Crippen molar-refractivity contribution in [2.45, 2.75) is 49.1 Å². The third kappa shape index (κ3) is 2.87. The van der Waals surface area contributed by atoms with Crippen molar-refractivity contribution in [3.8, 4) is 0 Å². The van der Waals surface area contributed by atoms with Crippen LogP contribution in [0.25, 0.3) is 0 Å². The average Bonchev–Trinajstić information content (AvgIpc) is 2.67. The summed E-state index contributed by atoms with van der Waals surface area (Å²) in [6, 6.07) is 0. The van der Waals surface area contributed by atoms with Gasteiger partial charge in [-0.3, -0.25) is 0 Å². The summed E-state index contributed by atoms with van der Waals surface area (Å²) >= 11 is 1.49. The molecule has 1 aromatic heterocycles. The maximum atomic E-state index is 10.5. The van der Waals surface area contributed by atoms with Crippen molar-refractivity contribution >= 4 is 17.7 Å². The number of aromatic nitrogens is 3. The van der Waals surface area contributed by atoms with Crippen molar-refractivity contribution in [1.29, 1.82) is 0 Å². The molecule has 1 saturated carbocycles. The van der Waals surface area contributed by atoms with E-state index in [1.54, 1.807) is 0 Å². The highest BCUT2D eigenvalue weighted by Gasteiger charge is 2.39. The summed E-state index contributed by atoms with van der Waals surface area (Å²) in [6.07, 6.45) is 2.68.